The Bertz CT molecular complexity index is 2290. The summed E-state index contributed by atoms with van der Waals surface area (Å²) in [5.74, 6) is -0.172. The Hall–Kier alpha value is -3.33. The number of phosphoric acid groups is 3. The van der Waals surface area contributed by atoms with E-state index >= 15 is 0 Å². The van der Waals surface area contributed by atoms with Gasteiger partial charge in [-0.25, -0.2) is 33.2 Å². The van der Waals surface area contributed by atoms with E-state index in [1.807, 2.05) is 0 Å². The van der Waals surface area contributed by atoms with Crippen LogP contribution >= 0.6 is 23.5 Å². The molecule has 11 atom stereocenters. The van der Waals surface area contributed by atoms with Gasteiger partial charge in [-0.05, 0) is 7.05 Å². The minimum absolute atomic E-state index is 0.0292. The van der Waals surface area contributed by atoms with Crippen LogP contribution in [-0.2, 0) is 47.9 Å². The molecule has 5 unspecified atom stereocenters. The second kappa shape index (κ2) is 13.2. The van der Waals surface area contributed by atoms with Gasteiger partial charge in [0.2, 0.25) is 11.7 Å². The van der Waals surface area contributed by atoms with E-state index in [1.54, 1.807) is 11.9 Å². The van der Waals surface area contributed by atoms with E-state index in [0.29, 0.717) is 0 Å². The summed E-state index contributed by atoms with van der Waals surface area (Å²) < 4.78 is 71.5. The number of phosphoric ester groups is 2. The van der Waals surface area contributed by atoms with Gasteiger partial charge in [0, 0.05) is 6.54 Å². The summed E-state index contributed by atoms with van der Waals surface area (Å²) in [5, 5.41) is 32.3. The summed E-state index contributed by atoms with van der Waals surface area (Å²) in [6.45, 7) is -1.98. The third-order valence-electron chi connectivity index (χ3n) is 8.89. The highest BCUT2D eigenvalue weighted by Gasteiger charge is 2.64. The number of aromatic amines is 1. The second-order valence-corrected chi connectivity index (χ2v) is 17.1. The number of likely N-dealkylation sites (tertiary alicyclic amines) is 1. The first-order valence-corrected chi connectivity index (χ1v) is 19.7. The summed E-state index contributed by atoms with van der Waals surface area (Å²) in [6.07, 6.45) is -4.96. The SMILES string of the molecule is CN1C[C@]2(COP(=O)(O)OP(=O)(O)OP(=O)(O)OC[C@H]3O[C@@H]([n+]4cn(C)c5c(=O)[nH]c(N)nc54)C(O)[C@H]3O)O[C@@H](n3cnc4c(N)ncnc43)[C@@H]1C2O. The molecule has 3 aliphatic heterocycles. The van der Waals surface area contributed by atoms with Crippen LogP contribution in [-0.4, -0.2) is 132 Å². The van der Waals surface area contributed by atoms with Crippen molar-refractivity contribution < 1.29 is 75.4 Å². The fourth-order valence-corrected chi connectivity index (χ4v) is 10.2. The van der Waals surface area contributed by atoms with E-state index in [9.17, 15) is 48.5 Å². The van der Waals surface area contributed by atoms with Crippen molar-refractivity contribution in [1.82, 2.24) is 39.0 Å². The molecule has 7 rings (SSSR count). The van der Waals surface area contributed by atoms with Gasteiger partial charge in [-0.15, -0.1) is 0 Å². The van der Waals surface area contributed by atoms with E-state index in [4.69, 9.17) is 25.5 Å². The average Bonchev–Trinajstić information content (AvgIpc) is 3.81. The van der Waals surface area contributed by atoms with Crippen molar-refractivity contribution in [3.05, 3.63) is 29.3 Å². The lowest BCUT2D eigenvalue weighted by atomic mass is 10.0. The first kappa shape index (κ1) is 38.0. The summed E-state index contributed by atoms with van der Waals surface area (Å²) in [5.41, 5.74) is 9.69. The van der Waals surface area contributed by atoms with Crippen molar-refractivity contribution in [3.8, 4) is 0 Å². The molecule has 0 spiro atoms. The maximum absolute atomic E-state index is 12.8. The molecule has 3 saturated heterocycles. The van der Waals surface area contributed by atoms with E-state index < -0.39 is 90.8 Å². The quantitative estimate of drug-likeness (QED) is 0.0494. The third-order valence-corrected chi connectivity index (χ3v) is 13.1. The lowest BCUT2D eigenvalue weighted by Crippen LogP contribution is -2.47. The summed E-state index contributed by atoms with van der Waals surface area (Å²) in [6, 6.07) is -0.750. The van der Waals surface area contributed by atoms with Crippen molar-refractivity contribution in [2.75, 3.05) is 38.3 Å². The molecule has 27 nitrogen and oxygen atoms in total. The predicted octanol–water partition coefficient (Wildman–Crippen LogP) is -3.52. The van der Waals surface area contributed by atoms with Crippen LogP contribution in [0.3, 0.4) is 0 Å². The van der Waals surface area contributed by atoms with Gasteiger partial charge in [-0.1, -0.05) is 4.98 Å². The number of imidazole rings is 2. The number of rotatable bonds is 12. The smallest absolute Gasteiger partial charge is 0.388 e. The maximum Gasteiger partial charge on any atom is 0.490 e. The maximum atomic E-state index is 12.8. The van der Waals surface area contributed by atoms with Crippen molar-refractivity contribution in [2.24, 2.45) is 7.05 Å². The second-order valence-electron chi connectivity index (χ2n) is 12.4. The Kier molecular flexibility index (Phi) is 9.43. The van der Waals surface area contributed by atoms with Crippen molar-refractivity contribution in [2.45, 2.75) is 48.5 Å². The van der Waals surface area contributed by atoms with Gasteiger partial charge in [0.25, 0.3) is 11.5 Å². The van der Waals surface area contributed by atoms with Crippen LogP contribution in [0.15, 0.2) is 23.8 Å². The number of aliphatic hydroxyl groups is 3. The number of H-pyrrole nitrogens is 1. The Morgan fingerprint density at radius 3 is 2.45 bits per heavy atom. The number of nitrogens with two attached hydrogens (primary N) is 2. The zero-order valence-electron chi connectivity index (χ0n) is 27.2. The Morgan fingerprint density at radius 2 is 1.74 bits per heavy atom. The van der Waals surface area contributed by atoms with Crippen LogP contribution in [0, 0.1) is 0 Å². The largest absolute Gasteiger partial charge is 0.490 e. The summed E-state index contributed by atoms with van der Waals surface area (Å²) in [7, 11) is -14.1. The van der Waals surface area contributed by atoms with Gasteiger partial charge in [-0.3, -0.25) is 32.9 Å². The number of hydrogen-bond donors (Lipinski definition) is 9. The number of ether oxygens (including phenoxy) is 2. The predicted molar refractivity (Wildman–Crippen MR) is 170 cm³/mol. The molecule has 11 N–H and O–H groups in total. The Morgan fingerprint density at radius 1 is 1.04 bits per heavy atom. The van der Waals surface area contributed by atoms with Gasteiger partial charge < -0.3 is 50.9 Å². The van der Waals surface area contributed by atoms with Crippen molar-refractivity contribution >= 4 is 57.6 Å². The zero-order valence-corrected chi connectivity index (χ0v) is 29.9. The molecule has 3 fully saturated rings. The molecule has 3 aliphatic rings. The number of nitrogens with one attached hydrogen (secondary N) is 1. The van der Waals surface area contributed by atoms with Gasteiger partial charge in [-0.2, -0.15) is 8.62 Å². The number of likely N-dealkylation sites (N-methyl/N-ethyl adjacent to an activating group) is 1. The van der Waals surface area contributed by atoms with Gasteiger partial charge >= 0.3 is 29.1 Å². The molecule has 4 aromatic rings. The zero-order chi connectivity index (χ0) is 38.4. The third kappa shape index (κ3) is 6.82. The van der Waals surface area contributed by atoms with Gasteiger partial charge in [0.1, 0.15) is 41.9 Å². The fourth-order valence-electron chi connectivity index (χ4n) is 6.64. The Labute approximate surface area is 295 Å². The average molecular weight is 812 g/mol. The molecule has 0 aliphatic carbocycles. The molecular formula is C23H33N11O16P3+. The van der Waals surface area contributed by atoms with Crippen molar-refractivity contribution in [3.63, 3.8) is 0 Å². The fraction of sp³-hybridized carbons (Fsp3) is 0.565. The number of fused-ring (bicyclic) bond motifs is 4. The highest BCUT2D eigenvalue weighted by molar-refractivity contribution is 7.66. The molecule has 2 bridgehead atoms. The topological polar surface area (TPSA) is 381 Å². The van der Waals surface area contributed by atoms with Crippen LogP contribution < -0.4 is 21.6 Å². The number of hydrogen-bond acceptors (Lipinski definition) is 20. The molecule has 0 radical (unpaired) electrons. The molecule has 4 aromatic heterocycles. The number of aryl methyl sites for hydroxylation is 1. The standard InChI is InChI=1S/C23H32N11O16P3/c1-31-4-23(15(37)11(31)20(48-23)33-7-28-10-16(24)26-6-27-17(10)33)5-46-52(41,42)50-53(43,44)49-51(39,40)45-3-9-13(35)14(36)21(47-9)34-8-32(2)12-18(34)29-22(25)30-19(12)38/h6-9,11,13-15,20-21,35-37H,3-5H2,1-2H3,(H7-,24,25,26,27,29,30,38,39,40,41,42,43,44)/p+1/t9-,11+,13+,14?,15?,20-,21-,23-/m1/s1. The van der Waals surface area contributed by atoms with Crippen LogP contribution in [0.1, 0.15) is 12.5 Å². The van der Waals surface area contributed by atoms with Gasteiger partial charge in [0.05, 0.1) is 32.6 Å². The molecule has 0 saturated carbocycles. The van der Waals surface area contributed by atoms with Crippen LogP contribution in [0.4, 0.5) is 11.8 Å². The molecule has 0 amide bonds. The highest BCUT2D eigenvalue weighted by atomic mass is 31.3. The lowest BCUT2D eigenvalue weighted by Gasteiger charge is -2.35. The first-order chi connectivity index (χ1) is 24.7. The van der Waals surface area contributed by atoms with E-state index in [1.165, 1.54) is 39.7 Å². The summed E-state index contributed by atoms with van der Waals surface area (Å²) in [4.78, 5) is 63.1. The molecule has 0 aromatic carbocycles. The summed E-state index contributed by atoms with van der Waals surface area (Å²) >= 11 is 0. The first-order valence-electron chi connectivity index (χ1n) is 15.2. The minimum Gasteiger partial charge on any atom is -0.388 e. The monoisotopic (exact) mass is 812 g/mol. The molecule has 290 valence electrons. The number of nitrogen functional groups attached to an aromatic ring is 2. The number of anilines is 2. The van der Waals surface area contributed by atoms with E-state index in [-0.39, 0.29) is 40.6 Å². The number of nitrogens with zero attached hydrogens (tertiary/aromatic N) is 8. The van der Waals surface area contributed by atoms with Crippen LogP contribution in [0.25, 0.3) is 22.3 Å². The molecular weight excluding hydrogens is 779 g/mol. The normalized spacial score (nSPS) is 32.3. The van der Waals surface area contributed by atoms with E-state index in [0.717, 1.165) is 0 Å². The Balaban J connectivity index is 0.972. The molecule has 53 heavy (non-hydrogen) atoms. The van der Waals surface area contributed by atoms with E-state index in [2.05, 4.69) is 38.1 Å². The van der Waals surface area contributed by atoms with Gasteiger partial charge in [0.15, 0.2) is 24.0 Å². The van der Waals surface area contributed by atoms with Crippen molar-refractivity contribution in [1.29, 1.82) is 0 Å². The number of morpholine rings is 1. The number of aromatic nitrogens is 8. The number of aliphatic hydroxyl groups excluding tert-OH is 3. The molecule has 7 heterocycles. The van der Waals surface area contributed by atoms with Crippen LogP contribution in [0.2, 0.25) is 0 Å². The molecule has 30 heteroatoms. The highest BCUT2D eigenvalue weighted by Crippen LogP contribution is 2.68. The lowest BCUT2D eigenvalue weighted by molar-refractivity contribution is -0.745. The minimum atomic E-state index is -5.95. The van der Waals surface area contributed by atoms with Crippen LogP contribution in [0.5, 0.6) is 0 Å².